The maximum absolute atomic E-state index is 12.1. The summed E-state index contributed by atoms with van der Waals surface area (Å²) >= 11 is 0. The molecule has 3 atom stereocenters. The van der Waals surface area contributed by atoms with Crippen LogP contribution in [0, 0.1) is 0 Å². The lowest BCUT2D eigenvalue weighted by atomic mass is 10.1. The van der Waals surface area contributed by atoms with E-state index in [2.05, 4.69) is 69.3 Å². The minimum atomic E-state index is -2.65. The summed E-state index contributed by atoms with van der Waals surface area (Å²) in [5, 5.41) is 12.7. The van der Waals surface area contributed by atoms with E-state index >= 15 is 0 Å². The molecule has 1 aliphatic heterocycles. The van der Waals surface area contributed by atoms with E-state index in [0.717, 1.165) is 0 Å². The summed E-state index contributed by atoms with van der Waals surface area (Å²) in [7, 11) is -2.65. The standard InChI is InChI=1S/C26H36O5Si/c1-25(2,3)31-23(28)17-21(27)24-22(30-24)18-29-32(26(4,5)6,19-13-9-7-10-14-19)20-15-11-8-12-16-20/h7-16,21-22,24,27H,17-18H2,1-6H3/t21-,22+,24-/m0/s1. The number of carbonyl (C=O) groups is 1. The predicted octanol–water partition coefficient (Wildman–Crippen LogP) is 3.42. The summed E-state index contributed by atoms with van der Waals surface area (Å²) in [5.41, 5.74) is -0.576. The second kappa shape index (κ2) is 9.47. The van der Waals surface area contributed by atoms with Crippen LogP contribution in [0.5, 0.6) is 0 Å². The molecular formula is C26H36O5Si. The number of aliphatic hydroxyl groups is 1. The lowest BCUT2D eigenvalue weighted by Gasteiger charge is -2.43. The van der Waals surface area contributed by atoms with Crippen LogP contribution in [0.4, 0.5) is 0 Å². The number of esters is 1. The zero-order valence-corrected chi connectivity index (χ0v) is 21.0. The molecule has 0 aromatic heterocycles. The molecule has 0 bridgehead atoms. The maximum Gasteiger partial charge on any atom is 0.309 e. The van der Waals surface area contributed by atoms with Crippen molar-refractivity contribution in [3.8, 4) is 0 Å². The van der Waals surface area contributed by atoms with Gasteiger partial charge in [-0.25, -0.2) is 0 Å². The number of hydrogen-bond acceptors (Lipinski definition) is 5. The topological polar surface area (TPSA) is 68.3 Å². The molecule has 2 aromatic rings. The van der Waals surface area contributed by atoms with E-state index in [1.807, 2.05) is 32.9 Å². The maximum atomic E-state index is 12.1. The molecule has 1 saturated heterocycles. The Morgan fingerprint density at radius 2 is 1.47 bits per heavy atom. The Kier molecular flexibility index (Phi) is 7.30. The number of epoxide rings is 1. The summed E-state index contributed by atoms with van der Waals surface area (Å²) in [5.74, 6) is -0.424. The Balaban J connectivity index is 1.76. The van der Waals surface area contributed by atoms with E-state index in [4.69, 9.17) is 13.9 Å². The second-order valence-electron chi connectivity index (χ2n) is 10.5. The molecule has 2 aromatic carbocycles. The first kappa shape index (κ1) is 24.6. The first-order valence-electron chi connectivity index (χ1n) is 11.2. The van der Waals surface area contributed by atoms with Crippen molar-refractivity contribution in [3.63, 3.8) is 0 Å². The first-order chi connectivity index (χ1) is 14.9. The lowest BCUT2D eigenvalue weighted by Crippen LogP contribution is -2.66. The van der Waals surface area contributed by atoms with Gasteiger partial charge in [-0.15, -0.1) is 0 Å². The molecule has 1 fully saturated rings. The minimum absolute atomic E-state index is 0.0857. The molecule has 6 heteroatoms. The number of rotatable bonds is 8. The lowest BCUT2D eigenvalue weighted by molar-refractivity contribution is -0.157. The Morgan fingerprint density at radius 1 is 0.969 bits per heavy atom. The van der Waals surface area contributed by atoms with Crippen molar-refractivity contribution in [2.45, 2.75) is 76.9 Å². The third kappa shape index (κ3) is 5.67. The van der Waals surface area contributed by atoms with Gasteiger partial charge in [0.15, 0.2) is 0 Å². The molecule has 0 radical (unpaired) electrons. The Labute approximate surface area is 192 Å². The summed E-state index contributed by atoms with van der Waals surface area (Å²) in [6.07, 6.45) is -1.65. The SMILES string of the molecule is CC(C)(C)OC(=O)C[C@H](O)[C@@H]1O[C@@H]1CO[Si](c1ccccc1)(c1ccccc1)C(C)(C)C. The molecule has 0 spiro atoms. The highest BCUT2D eigenvalue weighted by atomic mass is 28.4. The number of carbonyl (C=O) groups excluding carboxylic acids is 1. The van der Waals surface area contributed by atoms with Crippen LogP contribution in [0.1, 0.15) is 48.0 Å². The van der Waals surface area contributed by atoms with Gasteiger partial charge < -0.3 is 19.0 Å². The van der Waals surface area contributed by atoms with Gasteiger partial charge in [0.2, 0.25) is 0 Å². The van der Waals surface area contributed by atoms with Gasteiger partial charge in [0.25, 0.3) is 8.32 Å². The molecule has 0 aliphatic carbocycles. The van der Waals surface area contributed by atoms with Gasteiger partial charge in [-0.3, -0.25) is 4.79 Å². The van der Waals surface area contributed by atoms with E-state index < -0.39 is 32.1 Å². The van der Waals surface area contributed by atoms with Gasteiger partial charge in [0.05, 0.1) is 19.1 Å². The molecule has 1 N–H and O–H groups in total. The van der Waals surface area contributed by atoms with Gasteiger partial charge in [0.1, 0.15) is 17.8 Å². The smallest absolute Gasteiger partial charge is 0.309 e. The van der Waals surface area contributed by atoms with Crippen molar-refractivity contribution in [2.75, 3.05) is 6.61 Å². The van der Waals surface area contributed by atoms with Crippen LogP contribution in [-0.4, -0.2) is 49.9 Å². The molecule has 32 heavy (non-hydrogen) atoms. The first-order valence-corrected chi connectivity index (χ1v) is 13.2. The summed E-state index contributed by atoms with van der Waals surface area (Å²) in [6.45, 7) is 12.5. The molecule has 1 heterocycles. The molecule has 1 aliphatic rings. The highest BCUT2D eigenvalue weighted by molar-refractivity contribution is 6.99. The fourth-order valence-electron chi connectivity index (χ4n) is 4.27. The fourth-order valence-corrected chi connectivity index (χ4v) is 8.84. The Hall–Kier alpha value is -1.99. The highest BCUT2D eigenvalue weighted by Gasteiger charge is 2.53. The molecule has 174 valence electrons. The van der Waals surface area contributed by atoms with Crippen LogP contribution in [0.15, 0.2) is 60.7 Å². The van der Waals surface area contributed by atoms with Crippen LogP contribution in [-0.2, 0) is 18.7 Å². The largest absolute Gasteiger partial charge is 0.460 e. The molecule has 5 nitrogen and oxygen atoms in total. The molecule has 0 amide bonds. The summed E-state index contributed by atoms with van der Waals surface area (Å²) < 4.78 is 17.9. The van der Waals surface area contributed by atoms with Crippen LogP contribution in [0.3, 0.4) is 0 Å². The molecule has 0 saturated carbocycles. The minimum Gasteiger partial charge on any atom is -0.460 e. The van der Waals surface area contributed by atoms with Crippen molar-refractivity contribution in [1.29, 1.82) is 0 Å². The van der Waals surface area contributed by atoms with Crippen molar-refractivity contribution < 1.29 is 23.8 Å². The number of ether oxygens (including phenoxy) is 2. The van der Waals surface area contributed by atoms with Gasteiger partial charge >= 0.3 is 5.97 Å². The van der Waals surface area contributed by atoms with Gasteiger partial charge in [0, 0.05) is 0 Å². The van der Waals surface area contributed by atoms with Crippen molar-refractivity contribution in [3.05, 3.63) is 60.7 Å². The normalized spacial score (nSPS) is 20.0. The number of hydrogen-bond donors (Lipinski definition) is 1. The van der Waals surface area contributed by atoms with E-state index in [0.29, 0.717) is 6.61 Å². The second-order valence-corrected chi connectivity index (χ2v) is 14.8. The summed E-state index contributed by atoms with van der Waals surface area (Å²) in [4.78, 5) is 12.1. The fraction of sp³-hybridized carbons (Fsp3) is 0.500. The highest BCUT2D eigenvalue weighted by Crippen LogP contribution is 2.38. The van der Waals surface area contributed by atoms with Crippen LogP contribution in [0.2, 0.25) is 5.04 Å². The average molecular weight is 457 g/mol. The average Bonchev–Trinajstić information content (AvgIpc) is 3.47. The third-order valence-electron chi connectivity index (χ3n) is 5.68. The number of benzene rings is 2. The van der Waals surface area contributed by atoms with Crippen molar-refractivity contribution >= 4 is 24.7 Å². The van der Waals surface area contributed by atoms with Crippen LogP contribution < -0.4 is 10.4 Å². The van der Waals surface area contributed by atoms with Crippen molar-refractivity contribution in [1.82, 2.24) is 0 Å². The predicted molar refractivity (Wildman–Crippen MR) is 129 cm³/mol. The molecule has 0 unspecified atom stereocenters. The monoisotopic (exact) mass is 456 g/mol. The zero-order chi connectivity index (χ0) is 23.6. The van der Waals surface area contributed by atoms with E-state index in [1.54, 1.807) is 0 Å². The van der Waals surface area contributed by atoms with Crippen LogP contribution >= 0.6 is 0 Å². The number of aliphatic hydroxyl groups excluding tert-OH is 1. The molecule has 3 rings (SSSR count). The quantitative estimate of drug-likeness (QED) is 0.374. The summed E-state index contributed by atoms with van der Waals surface area (Å²) in [6, 6.07) is 20.8. The zero-order valence-electron chi connectivity index (χ0n) is 20.0. The van der Waals surface area contributed by atoms with E-state index in [1.165, 1.54) is 10.4 Å². The van der Waals surface area contributed by atoms with Gasteiger partial charge in [-0.05, 0) is 36.2 Å². The Morgan fingerprint density at radius 3 is 1.91 bits per heavy atom. The van der Waals surface area contributed by atoms with Gasteiger partial charge in [-0.1, -0.05) is 81.4 Å². The van der Waals surface area contributed by atoms with Gasteiger partial charge in [-0.2, -0.15) is 0 Å². The Bertz CT molecular complexity index is 846. The third-order valence-corrected chi connectivity index (χ3v) is 10.7. The van der Waals surface area contributed by atoms with E-state index in [9.17, 15) is 9.90 Å². The van der Waals surface area contributed by atoms with E-state index in [-0.39, 0.29) is 17.6 Å². The van der Waals surface area contributed by atoms with Crippen LogP contribution in [0.25, 0.3) is 0 Å². The van der Waals surface area contributed by atoms with Crippen molar-refractivity contribution in [2.24, 2.45) is 0 Å². The molecular weight excluding hydrogens is 420 g/mol.